The third kappa shape index (κ3) is 5.66. The third-order valence-electron chi connectivity index (χ3n) is 8.43. The fraction of sp³-hybridized carbons (Fsp3) is 0.312. The summed E-state index contributed by atoms with van der Waals surface area (Å²) in [6.07, 6.45) is 8.37. The number of amides is 1. The molecule has 0 radical (unpaired) electrons. The molecule has 4 aromatic heterocycles. The molecule has 1 amide bonds. The summed E-state index contributed by atoms with van der Waals surface area (Å²) >= 11 is 6.36. The highest BCUT2D eigenvalue weighted by Gasteiger charge is 2.29. The van der Waals surface area contributed by atoms with Crippen LogP contribution in [0.15, 0.2) is 70.3 Å². The molecule has 0 spiro atoms. The molecule has 2 atom stereocenters. The van der Waals surface area contributed by atoms with E-state index in [1.54, 1.807) is 54.1 Å². The van der Waals surface area contributed by atoms with Crippen molar-refractivity contribution >= 4 is 23.2 Å². The molecular weight excluding hydrogens is 604 g/mol. The van der Waals surface area contributed by atoms with E-state index in [0.717, 1.165) is 18.5 Å². The topological polar surface area (TPSA) is 121 Å². The first-order valence-corrected chi connectivity index (χ1v) is 15.1. The zero-order valence-corrected chi connectivity index (χ0v) is 24.9. The molecular formula is C32H28ClF2N7O3. The molecule has 1 N–H and O–H groups in total. The number of nitrogens with one attached hydrogen (secondary N) is 1. The second-order valence-electron chi connectivity index (χ2n) is 11.5. The number of aromatic nitrogens is 6. The van der Waals surface area contributed by atoms with Crippen LogP contribution in [0.4, 0.5) is 14.5 Å². The smallest absolute Gasteiger partial charge is 0.340 e. The average molecular weight is 632 g/mol. The van der Waals surface area contributed by atoms with Crippen molar-refractivity contribution in [3.8, 4) is 28.3 Å². The summed E-state index contributed by atoms with van der Waals surface area (Å²) in [4.78, 5) is 31.2. The first-order valence-electron chi connectivity index (χ1n) is 14.8. The second kappa shape index (κ2) is 11.7. The molecule has 230 valence electrons. The lowest BCUT2D eigenvalue weighted by atomic mass is 9.88. The van der Waals surface area contributed by atoms with Gasteiger partial charge in [-0.05, 0) is 68.1 Å². The van der Waals surface area contributed by atoms with Crippen LogP contribution >= 0.6 is 11.6 Å². The van der Waals surface area contributed by atoms with Crippen LogP contribution in [-0.2, 0) is 4.79 Å². The van der Waals surface area contributed by atoms with E-state index in [9.17, 15) is 18.4 Å². The molecule has 13 heteroatoms. The zero-order chi connectivity index (χ0) is 31.2. The second-order valence-corrected chi connectivity index (χ2v) is 12.0. The van der Waals surface area contributed by atoms with Crippen LogP contribution in [0.5, 0.6) is 0 Å². The minimum atomic E-state index is -2.93. The molecule has 2 bridgehead atoms. The summed E-state index contributed by atoms with van der Waals surface area (Å²) in [7, 11) is 0. The summed E-state index contributed by atoms with van der Waals surface area (Å²) in [5, 5.41) is 15.6. The first-order chi connectivity index (χ1) is 21.8. The monoisotopic (exact) mass is 631 g/mol. The van der Waals surface area contributed by atoms with Gasteiger partial charge in [0.1, 0.15) is 5.76 Å². The van der Waals surface area contributed by atoms with E-state index in [1.165, 1.54) is 12.4 Å². The number of fused-ring (bicyclic) bond motifs is 4. The molecule has 1 aliphatic carbocycles. The van der Waals surface area contributed by atoms with Gasteiger partial charge in [0.2, 0.25) is 5.91 Å². The van der Waals surface area contributed by atoms with Crippen molar-refractivity contribution < 1.29 is 18.0 Å². The summed E-state index contributed by atoms with van der Waals surface area (Å²) < 4.78 is 36.1. The van der Waals surface area contributed by atoms with Crippen LogP contribution in [0, 0.1) is 5.92 Å². The molecule has 1 aliphatic heterocycles. The van der Waals surface area contributed by atoms with Crippen molar-refractivity contribution in [1.29, 1.82) is 0 Å². The number of pyridine rings is 1. The Balaban J connectivity index is 1.30. The minimum Gasteiger partial charge on any atom is -0.422 e. The lowest BCUT2D eigenvalue weighted by Gasteiger charge is -2.20. The molecule has 5 heterocycles. The van der Waals surface area contributed by atoms with Gasteiger partial charge in [0, 0.05) is 51.4 Å². The lowest BCUT2D eigenvalue weighted by Crippen LogP contribution is -2.22. The van der Waals surface area contributed by atoms with Gasteiger partial charge in [-0.1, -0.05) is 30.2 Å². The Morgan fingerprint density at radius 3 is 2.67 bits per heavy atom. The Bertz CT molecular complexity index is 1970. The van der Waals surface area contributed by atoms with Gasteiger partial charge in [-0.2, -0.15) is 13.9 Å². The van der Waals surface area contributed by atoms with Crippen LogP contribution in [0.25, 0.3) is 28.3 Å². The number of hydrogen-bond acceptors (Lipinski definition) is 7. The predicted molar refractivity (Wildman–Crippen MR) is 163 cm³/mol. The number of hydrogen-bond donors (Lipinski definition) is 1. The number of alkyl halides is 2. The molecule has 45 heavy (non-hydrogen) atoms. The average Bonchev–Trinajstić information content (AvgIpc) is 3.60. The standard InChI is InChI=1S/C32H28ClF2N7O3/c1-17-3-2-4-21(24-13-19(11-12-36-24)29-25(38-30(17)43)15-37-42(29)32(34)35)22-8-10-28(45-31(22)44)23-14-20(33)7-9-27(23)41-16-26(39-40-41)18-5-6-18/h7-18,21,32H,2-6H2,1H3,(H,38,43)/t17-,21-/m0/s1. The highest BCUT2D eigenvalue weighted by molar-refractivity contribution is 6.31. The number of carbonyl (C=O) groups is 1. The molecule has 0 unspecified atom stereocenters. The largest absolute Gasteiger partial charge is 0.422 e. The molecule has 2 aliphatic rings. The van der Waals surface area contributed by atoms with Crippen LogP contribution in [0.2, 0.25) is 5.02 Å². The predicted octanol–water partition coefficient (Wildman–Crippen LogP) is 6.96. The van der Waals surface area contributed by atoms with Gasteiger partial charge in [0.15, 0.2) is 0 Å². The summed E-state index contributed by atoms with van der Waals surface area (Å²) in [5.41, 5.74) is 3.08. The number of carbonyl (C=O) groups excluding carboxylic acids is 1. The van der Waals surface area contributed by atoms with Crippen molar-refractivity contribution in [2.45, 2.75) is 57.4 Å². The zero-order valence-electron chi connectivity index (χ0n) is 24.2. The van der Waals surface area contributed by atoms with E-state index in [-0.39, 0.29) is 17.3 Å². The van der Waals surface area contributed by atoms with Crippen molar-refractivity contribution in [1.82, 2.24) is 29.8 Å². The normalized spacial score (nSPS) is 18.6. The van der Waals surface area contributed by atoms with Gasteiger partial charge in [-0.15, -0.1) is 5.10 Å². The van der Waals surface area contributed by atoms with E-state index in [0.29, 0.717) is 68.7 Å². The Morgan fingerprint density at radius 1 is 1.04 bits per heavy atom. The van der Waals surface area contributed by atoms with E-state index < -0.39 is 24.0 Å². The molecule has 0 saturated heterocycles. The fourth-order valence-electron chi connectivity index (χ4n) is 5.85. The van der Waals surface area contributed by atoms with Crippen molar-refractivity contribution in [3.05, 3.63) is 93.4 Å². The van der Waals surface area contributed by atoms with Gasteiger partial charge in [0.05, 0.1) is 35.2 Å². The van der Waals surface area contributed by atoms with Crippen LogP contribution in [0.3, 0.4) is 0 Å². The highest BCUT2D eigenvalue weighted by Crippen LogP contribution is 2.40. The molecule has 1 saturated carbocycles. The third-order valence-corrected chi connectivity index (χ3v) is 8.67. The van der Waals surface area contributed by atoms with Gasteiger partial charge < -0.3 is 9.73 Å². The highest BCUT2D eigenvalue weighted by atomic mass is 35.5. The number of halogens is 3. The van der Waals surface area contributed by atoms with Gasteiger partial charge in [0.25, 0.3) is 0 Å². The van der Waals surface area contributed by atoms with Gasteiger partial charge in [-0.25, -0.2) is 14.2 Å². The van der Waals surface area contributed by atoms with Gasteiger partial charge in [-0.3, -0.25) is 9.78 Å². The van der Waals surface area contributed by atoms with Crippen molar-refractivity contribution in [2.24, 2.45) is 5.92 Å². The maximum atomic E-state index is 14.0. The van der Waals surface area contributed by atoms with E-state index in [1.807, 2.05) is 6.20 Å². The first kappa shape index (κ1) is 29.0. The maximum Gasteiger partial charge on any atom is 0.340 e. The molecule has 7 rings (SSSR count). The summed E-state index contributed by atoms with van der Waals surface area (Å²) in [5.74, 6) is -0.503. The number of benzene rings is 1. The summed E-state index contributed by atoms with van der Waals surface area (Å²) in [6, 6.07) is 11.9. The molecule has 1 fully saturated rings. The van der Waals surface area contributed by atoms with Crippen molar-refractivity contribution in [3.63, 3.8) is 0 Å². The van der Waals surface area contributed by atoms with Crippen LogP contribution < -0.4 is 10.9 Å². The quantitative estimate of drug-likeness (QED) is 0.222. The Labute approximate surface area is 261 Å². The lowest BCUT2D eigenvalue weighted by molar-refractivity contribution is -0.119. The van der Waals surface area contributed by atoms with Crippen molar-refractivity contribution in [2.75, 3.05) is 5.32 Å². The van der Waals surface area contributed by atoms with Gasteiger partial charge >= 0.3 is 12.2 Å². The van der Waals surface area contributed by atoms with E-state index >= 15 is 0 Å². The van der Waals surface area contributed by atoms with E-state index in [2.05, 4.69) is 25.7 Å². The Kier molecular flexibility index (Phi) is 7.52. The number of nitrogens with zero attached hydrogens (tertiary/aromatic N) is 6. The Morgan fingerprint density at radius 2 is 1.89 bits per heavy atom. The van der Waals surface area contributed by atoms with Crippen LogP contribution in [0.1, 0.15) is 74.4 Å². The maximum absolute atomic E-state index is 14.0. The number of anilines is 1. The Hall–Kier alpha value is -4.71. The van der Waals surface area contributed by atoms with Crippen LogP contribution in [-0.4, -0.2) is 35.7 Å². The molecule has 5 aromatic rings. The SMILES string of the molecule is C[C@H]1CCC[C@@H](c2ccc(-c3cc(Cl)ccc3-n3cc(C4CC4)nn3)oc2=O)c2cc(ccn2)-c2c(cnn2C(F)F)NC1=O. The number of rotatable bonds is 5. The van der Waals surface area contributed by atoms with E-state index in [4.69, 9.17) is 16.0 Å². The summed E-state index contributed by atoms with van der Waals surface area (Å²) in [6.45, 7) is -1.16. The minimum absolute atomic E-state index is 0.0577. The molecule has 1 aromatic carbocycles. The fourth-order valence-corrected chi connectivity index (χ4v) is 6.02. The molecule has 10 nitrogen and oxygen atoms in total.